The molecule has 0 aromatic heterocycles. The molecular formula is C70H119O11P. The van der Waals surface area contributed by atoms with Gasteiger partial charge in [-0.3, -0.25) is 23.4 Å². The molecule has 82 heavy (non-hydrogen) atoms. The molecular weight excluding hydrogens is 1050 g/mol. The number of carbonyl (C=O) groups is 3. The van der Waals surface area contributed by atoms with E-state index in [9.17, 15) is 28.9 Å². The van der Waals surface area contributed by atoms with Gasteiger partial charge < -0.3 is 24.2 Å². The van der Waals surface area contributed by atoms with E-state index in [-0.39, 0.29) is 25.9 Å². The fraction of sp³-hybridized carbons (Fsp3) is 0.700. The molecule has 470 valence electrons. The summed E-state index contributed by atoms with van der Waals surface area (Å²) in [6, 6.07) is 0. The quantitative estimate of drug-likeness (QED) is 0.0197. The van der Waals surface area contributed by atoms with Gasteiger partial charge >= 0.3 is 25.7 Å². The Kier molecular flexibility index (Phi) is 60.2. The first-order valence-electron chi connectivity index (χ1n) is 32.8. The third-order valence-electron chi connectivity index (χ3n) is 13.6. The van der Waals surface area contributed by atoms with Crippen LogP contribution in [0.25, 0.3) is 0 Å². The zero-order valence-electron chi connectivity index (χ0n) is 52.2. The van der Waals surface area contributed by atoms with Gasteiger partial charge in [-0.15, -0.1) is 0 Å². The Balaban J connectivity index is 4.79. The third kappa shape index (κ3) is 60.7. The predicted molar refractivity (Wildman–Crippen MR) is 343 cm³/mol. The van der Waals surface area contributed by atoms with E-state index in [1.165, 1.54) is 89.9 Å². The van der Waals surface area contributed by atoms with Gasteiger partial charge in [-0.2, -0.15) is 0 Å². The Hall–Kier alpha value is -3.86. The van der Waals surface area contributed by atoms with E-state index in [0.717, 1.165) is 128 Å². The van der Waals surface area contributed by atoms with Crippen LogP contribution in [0.2, 0.25) is 0 Å². The van der Waals surface area contributed by atoms with E-state index >= 15 is 0 Å². The molecule has 0 bridgehead atoms. The fourth-order valence-electron chi connectivity index (χ4n) is 8.68. The summed E-state index contributed by atoms with van der Waals surface area (Å²) < 4.78 is 39.7. The number of rotatable bonds is 60. The van der Waals surface area contributed by atoms with E-state index in [2.05, 4.69) is 130 Å². The van der Waals surface area contributed by atoms with Crippen molar-refractivity contribution in [1.82, 2.24) is 0 Å². The van der Waals surface area contributed by atoms with Crippen molar-refractivity contribution < 1.29 is 52.2 Å². The monoisotopic (exact) mass is 1170 g/mol. The summed E-state index contributed by atoms with van der Waals surface area (Å²) in [6.07, 6.45) is 77.5. The smallest absolute Gasteiger partial charge is 0.462 e. The molecule has 0 fully saturated rings. The number of aliphatic hydroxyl groups is 1. The van der Waals surface area contributed by atoms with Crippen LogP contribution in [-0.2, 0) is 42.2 Å². The summed E-state index contributed by atoms with van der Waals surface area (Å²) in [5.74, 6) is -1.52. The maximum Gasteiger partial charge on any atom is 0.472 e. The largest absolute Gasteiger partial charge is 0.472 e. The van der Waals surface area contributed by atoms with Gasteiger partial charge in [0.2, 0.25) is 0 Å². The van der Waals surface area contributed by atoms with Crippen LogP contribution in [0.4, 0.5) is 0 Å². The van der Waals surface area contributed by atoms with Gasteiger partial charge in [0.15, 0.2) is 6.10 Å². The van der Waals surface area contributed by atoms with Gasteiger partial charge in [-0.05, 0) is 128 Å². The first kappa shape index (κ1) is 78.1. The molecule has 0 aliphatic rings. The number of hydrogen-bond donors (Lipinski definition) is 2. The van der Waals surface area contributed by atoms with Crippen molar-refractivity contribution in [3.63, 3.8) is 0 Å². The van der Waals surface area contributed by atoms with Gasteiger partial charge in [0, 0.05) is 19.3 Å². The molecule has 0 saturated heterocycles. The molecule has 0 aromatic rings. The number of hydrogen-bond acceptors (Lipinski definition) is 10. The molecule has 12 heteroatoms. The number of carbonyl (C=O) groups excluding carboxylic acids is 3. The predicted octanol–water partition coefficient (Wildman–Crippen LogP) is 20.1. The molecule has 0 aliphatic heterocycles. The summed E-state index contributed by atoms with van der Waals surface area (Å²) in [5, 5.41) is 9.86. The van der Waals surface area contributed by atoms with Crippen LogP contribution < -0.4 is 0 Å². The number of esters is 3. The topological polar surface area (TPSA) is 155 Å². The van der Waals surface area contributed by atoms with Crippen LogP contribution >= 0.6 is 7.82 Å². The van der Waals surface area contributed by atoms with E-state index in [1.54, 1.807) is 0 Å². The van der Waals surface area contributed by atoms with Gasteiger partial charge in [-0.1, -0.05) is 239 Å². The van der Waals surface area contributed by atoms with Crippen molar-refractivity contribution in [2.45, 2.75) is 290 Å². The van der Waals surface area contributed by atoms with Crippen LogP contribution in [0, 0.1) is 0 Å². The normalized spacial score (nSPS) is 14.0. The van der Waals surface area contributed by atoms with E-state index in [0.29, 0.717) is 19.3 Å². The zero-order chi connectivity index (χ0) is 59.8. The number of aliphatic hydroxyl groups excluding tert-OH is 1. The summed E-state index contributed by atoms with van der Waals surface area (Å²) in [5.41, 5.74) is 0. The van der Waals surface area contributed by atoms with Crippen molar-refractivity contribution in [3.8, 4) is 0 Å². The standard InChI is InChI=1S/C70H119O11P/c1-4-7-10-13-16-19-22-25-28-31-33-36-38-41-44-47-50-53-56-59-68(72)77-63-67(81-70(74)61-58-55-52-49-46-43-40-37-34-32-29-26-23-20-17-14-11-8-5-2)65-79-82(75,76)78-64-66(62-71)80-69(73)60-57-54-51-48-45-42-39-35-30-27-24-21-18-15-12-9-6-3/h8,11,16-17,19-20,25-30,33-34,36-37,43,46,66-67,71H,4-7,9-10,12-15,18,21-24,31-32,35,38-42,44-45,47-65H2,1-3H3,(H,75,76)/b11-8-,19-16-,20-17-,28-25-,29-26-,30-27-,36-33-,37-34-,46-43-. The zero-order valence-corrected chi connectivity index (χ0v) is 53.1. The van der Waals surface area contributed by atoms with Gasteiger partial charge in [-0.25, -0.2) is 4.57 Å². The van der Waals surface area contributed by atoms with Crippen molar-refractivity contribution in [2.75, 3.05) is 26.4 Å². The number of ether oxygens (including phenoxy) is 3. The minimum atomic E-state index is -4.77. The molecule has 0 aliphatic carbocycles. The maximum absolute atomic E-state index is 13.0. The molecule has 0 aromatic carbocycles. The van der Waals surface area contributed by atoms with Crippen LogP contribution in [-0.4, -0.2) is 66.5 Å². The second kappa shape index (κ2) is 63.2. The number of phosphoric ester groups is 1. The lowest BCUT2D eigenvalue weighted by atomic mass is 10.1. The highest BCUT2D eigenvalue weighted by molar-refractivity contribution is 7.47. The SMILES string of the molecule is CC/C=C\C/C=C\C/C=C\C/C=C\C/C=C\CCCCCC(=O)OC(COC(=O)CCCCCCCC/C=C\C/C=C\C/C=C\CCCCC)COP(=O)(O)OCC(CO)OC(=O)CCCCCCCCC/C=C\CCCCCCCC. The lowest BCUT2D eigenvalue weighted by Crippen LogP contribution is -2.30. The van der Waals surface area contributed by atoms with Gasteiger partial charge in [0.05, 0.1) is 19.8 Å². The van der Waals surface area contributed by atoms with Crippen molar-refractivity contribution in [1.29, 1.82) is 0 Å². The molecule has 0 spiro atoms. The minimum Gasteiger partial charge on any atom is -0.462 e. The second-order valence-electron chi connectivity index (χ2n) is 21.5. The highest BCUT2D eigenvalue weighted by Crippen LogP contribution is 2.43. The number of unbranched alkanes of at least 4 members (excludes halogenated alkanes) is 25. The van der Waals surface area contributed by atoms with Crippen LogP contribution in [0.15, 0.2) is 109 Å². The summed E-state index contributed by atoms with van der Waals surface area (Å²) in [7, 11) is -4.77. The van der Waals surface area contributed by atoms with Gasteiger partial charge in [0.1, 0.15) is 12.7 Å². The first-order valence-corrected chi connectivity index (χ1v) is 34.3. The summed E-state index contributed by atoms with van der Waals surface area (Å²) in [4.78, 5) is 48.8. The molecule has 3 unspecified atom stereocenters. The summed E-state index contributed by atoms with van der Waals surface area (Å²) in [6.45, 7) is 4.47. The van der Waals surface area contributed by atoms with Crippen LogP contribution in [0.3, 0.4) is 0 Å². The van der Waals surface area contributed by atoms with Crippen molar-refractivity contribution >= 4 is 25.7 Å². The Morgan fingerprint density at radius 1 is 0.354 bits per heavy atom. The van der Waals surface area contributed by atoms with Crippen LogP contribution in [0.5, 0.6) is 0 Å². The lowest BCUT2D eigenvalue weighted by Gasteiger charge is -2.21. The Labute approximate surface area is 501 Å². The number of phosphoric acid groups is 1. The highest BCUT2D eigenvalue weighted by atomic mass is 31.2. The lowest BCUT2D eigenvalue weighted by molar-refractivity contribution is -0.161. The molecule has 0 saturated carbocycles. The Morgan fingerprint density at radius 2 is 0.634 bits per heavy atom. The fourth-order valence-corrected chi connectivity index (χ4v) is 9.46. The highest BCUT2D eigenvalue weighted by Gasteiger charge is 2.28. The summed E-state index contributed by atoms with van der Waals surface area (Å²) >= 11 is 0. The molecule has 0 amide bonds. The third-order valence-corrected chi connectivity index (χ3v) is 14.6. The van der Waals surface area contributed by atoms with Crippen LogP contribution in [0.1, 0.15) is 278 Å². The maximum atomic E-state index is 13.0. The Bertz CT molecular complexity index is 1790. The molecule has 0 heterocycles. The van der Waals surface area contributed by atoms with E-state index in [4.69, 9.17) is 23.3 Å². The molecule has 11 nitrogen and oxygen atoms in total. The number of allylic oxidation sites excluding steroid dienone is 18. The first-order chi connectivity index (χ1) is 40.2. The average Bonchev–Trinajstić information content (AvgIpc) is 3.50. The average molecular weight is 1170 g/mol. The molecule has 2 N–H and O–H groups in total. The van der Waals surface area contributed by atoms with Crippen molar-refractivity contribution in [2.24, 2.45) is 0 Å². The van der Waals surface area contributed by atoms with Gasteiger partial charge in [0.25, 0.3) is 0 Å². The molecule has 3 atom stereocenters. The second-order valence-corrected chi connectivity index (χ2v) is 23.0. The molecule has 0 rings (SSSR count). The minimum absolute atomic E-state index is 0.120. The Morgan fingerprint density at radius 3 is 1.02 bits per heavy atom. The van der Waals surface area contributed by atoms with E-state index in [1.807, 2.05) is 0 Å². The van der Waals surface area contributed by atoms with E-state index < -0.39 is 57.8 Å². The van der Waals surface area contributed by atoms with Crippen molar-refractivity contribution in [3.05, 3.63) is 109 Å². The molecule has 0 radical (unpaired) electrons.